The fourth-order valence-corrected chi connectivity index (χ4v) is 3.80. The number of benzene rings is 2. The maximum Gasteiger partial charge on any atom is 0.255 e. The minimum Gasteiger partial charge on any atom is -0.384 e. The first-order valence-electron chi connectivity index (χ1n) is 8.54. The number of H-pyrrole nitrogens is 1. The summed E-state index contributed by atoms with van der Waals surface area (Å²) < 4.78 is 29.6. The molecule has 11 heteroatoms. The minimum atomic E-state index is -3.52. The van der Waals surface area contributed by atoms with Gasteiger partial charge in [-0.25, -0.2) is 8.42 Å². The normalized spacial score (nSPS) is 12.8. The largest absolute Gasteiger partial charge is 0.384 e. The van der Waals surface area contributed by atoms with Crippen LogP contribution in [0.15, 0.2) is 51.9 Å². The van der Waals surface area contributed by atoms with E-state index in [-0.39, 0.29) is 16.6 Å². The highest BCUT2D eigenvalue weighted by molar-refractivity contribution is 7.90. The summed E-state index contributed by atoms with van der Waals surface area (Å²) in [6.07, 6.45) is 0.279. The van der Waals surface area contributed by atoms with Crippen LogP contribution in [0.2, 0.25) is 0 Å². The Morgan fingerprint density at radius 2 is 1.79 bits per heavy atom. The van der Waals surface area contributed by atoms with Gasteiger partial charge in [0.05, 0.1) is 4.90 Å². The lowest BCUT2D eigenvalue weighted by atomic mass is 9.98. The maximum absolute atomic E-state index is 12.3. The van der Waals surface area contributed by atoms with Gasteiger partial charge in [-0.1, -0.05) is 41.6 Å². The Balaban J connectivity index is 1.81. The van der Waals surface area contributed by atoms with E-state index in [4.69, 9.17) is 4.52 Å². The highest BCUT2D eigenvalue weighted by Gasteiger charge is 2.22. The first-order valence-corrected chi connectivity index (χ1v) is 10.4. The number of hydrogen-bond acceptors (Lipinski definition) is 9. The van der Waals surface area contributed by atoms with Crippen LogP contribution in [0.3, 0.4) is 0 Å². The number of tetrazole rings is 1. The molecule has 2 aromatic heterocycles. The lowest BCUT2D eigenvalue weighted by molar-refractivity contribution is 0.152. The van der Waals surface area contributed by atoms with Crippen molar-refractivity contribution in [3.8, 4) is 33.9 Å². The molecular formula is C18H16N6O4S. The van der Waals surface area contributed by atoms with Crippen molar-refractivity contribution in [2.24, 2.45) is 0 Å². The van der Waals surface area contributed by atoms with Gasteiger partial charge in [0.1, 0.15) is 6.10 Å². The summed E-state index contributed by atoms with van der Waals surface area (Å²) in [5, 5.41) is 27.2. The van der Waals surface area contributed by atoms with Gasteiger partial charge in [0, 0.05) is 17.4 Å². The van der Waals surface area contributed by atoms with Crippen LogP contribution >= 0.6 is 0 Å². The number of nitrogens with one attached hydrogen (secondary N) is 1. The van der Waals surface area contributed by atoms with E-state index in [0.29, 0.717) is 22.5 Å². The van der Waals surface area contributed by atoms with Crippen molar-refractivity contribution >= 4 is 9.84 Å². The molecule has 4 rings (SSSR count). The van der Waals surface area contributed by atoms with E-state index in [2.05, 4.69) is 30.8 Å². The van der Waals surface area contributed by atoms with Gasteiger partial charge in [-0.15, -0.1) is 10.2 Å². The van der Waals surface area contributed by atoms with Crippen molar-refractivity contribution in [3.63, 3.8) is 0 Å². The fourth-order valence-electron chi connectivity index (χ4n) is 2.90. The number of rotatable bonds is 5. The zero-order valence-corrected chi connectivity index (χ0v) is 16.3. The molecule has 10 nitrogen and oxygen atoms in total. The van der Waals surface area contributed by atoms with Gasteiger partial charge in [0.25, 0.3) is 5.89 Å². The third-order valence-electron chi connectivity index (χ3n) is 4.25. The van der Waals surface area contributed by atoms with Crippen LogP contribution in [-0.2, 0) is 9.84 Å². The number of aromatic nitrogens is 6. The minimum absolute atomic E-state index is 0.111. The van der Waals surface area contributed by atoms with Crippen LogP contribution in [0.25, 0.3) is 33.9 Å². The quantitative estimate of drug-likeness (QED) is 0.502. The molecule has 0 spiro atoms. The predicted octanol–water partition coefficient (Wildman–Crippen LogP) is 2.04. The molecule has 4 aromatic rings. The molecule has 2 heterocycles. The maximum atomic E-state index is 12.3. The topological polar surface area (TPSA) is 148 Å². The average Bonchev–Trinajstić information content (AvgIpc) is 3.39. The second-order valence-electron chi connectivity index (χ2n) is 6.40. The molecular weight excluding hydrogens is 396 g/mol. The van der Waals surface area contributed by atoms with Crippen LogP contribution in [0.5, 0.6) is 0 Å². The first kappa shape index (κ1) is 18.9. The van der Waals surface area contributed by atoms with Gasteiger partial charge in [0.15, 0.2) is 9.84 Å². The first-order chi connectivity index (χ1) is 13.8. The molecule has 0 aliphatic carbocycles. The summed E-state index contributed by atoms with van der Waals surface area (Å²) in [6, 6.07) is 12.1. The third-order valence-corrected chi connectivity index (χ3v) is 5.39. The number of sulfone groups is 1. The molecule has 0 aliphatic heterocycles. The lowest BCUT2D eigenvalue weighted by Gasteiger charge is -2.11. The van der Waals surface area contributed by atoms with E-state index < -0.39 is 15.9 Å². The fraction of sp³-hybridized carbons (Fsp3) is 0.167. The predicted molar refractivity (Wildman–Crippen MR) is 102 cm³/mol. The molecule has 0 aliphatic rings. The monoisotopic (exact) mass is 412 g/mol. The Morgan fingerprint density at radius 1 is 1.07 bits per heavy atom. The molecule has 0 amide bonds. The molecule has 2 N–H and O–H groups in total. The second-order valence-corrected chi connectivity index (χ2v) is 8.38. The van der Waals surface area contributed by atoms with E-state index in [1.54, 1.807) is 36.4 Å². The van der Waals surface area contributed by atoms with Crippen LogP contribution in [0, 0.1) is 0 Å². The summed E-state index contributed by atoms with van der Waals surface area (Å²) in [5.74, 6) is 0.657. The van der Waals surface area contributed by atoms with Crippen molar-refractivity contribution in [3.05, 3.63) is 48.4 Å². The molecule has 0 saturated carbocycles. The molecule has 148 valence electrons. The third kappa shape index (κ3) is 3.65. The second kappa shape index (κ2) is 7.18. The Labute approximate surface area is 165 Å². The Morgan fingerprint density at radius 3 is 2.38 bits per heavy atom. The number of aliphatic hydroxyl groups is 1. The van der Waals surface area contributed by atoms with E-state index >= 15 is 0 Å². The highest BCUT2D eigenvalue weighted by Crippen LogP contribution is 2.35. The molecule has 2 aromatic carbocycles. The Bertz CT molecular complexity index is 1250. The number of aliphatic hydroxyl groups excluding tert-OH is 1. The Kier molecular flexibility index (Phi) is 4.68. The zero-order chi connectivity index (χ0) is 20.6. The summed E-state index contributed by atoms with van der Waals surface area (Å²) in [6.45, 7) is 1.54. The van der Waals surface area contributed by atoms with Crippen molar-refractivity contribution in [1.29, 1.82) is 0 Å². The molecule has 0 saturated heterocycles. The van der Waals surface area contributed by atoms with Gasteiger partial charge in [0.2, 0.25) is 11.6 Å². The van der Waals surface area contributed by atoms with E-state index in [0.717, 1.165) is 11.8 Å². The van der Waals surface area contributed by atoms with Crippen LogP contribution in [0.4, 0.5) is 0 Å². The lowest BCUT2D eigenvalue weighted by Crippen LogP contribution is -2.02. The Hall–Kier alpha value is -3.44. The molecule has 0 bridgehead atoms. The molecule has 0 fully saturated rings. The van der Waals surface area contributed by atoms with Gasteiger partial charge in [-0.05, 0) is 29.3 Å². The van der Waals surface area contributed by atoms with E-state index in [9.17, 15) is 13.5 Å². The van der Waals surface area contributed by atoms with Crippen LogP contribution in [0.1, 0.15) is 18.9 Å². The number of aromatic amines is 1. The smallest absolute Gasteiger partial charge is 0.255 e. The van der Waals surface area contributed by atoms with E-state index in [1.165, 1.54) is 13.0 Å². The van der Waals surface area contributed by atoms with Crippen molar-refractivity contribution in [2.45, 2.75) is 17.9 Å². The summed E-state index contributed by atoms with van der Waals surface area (Å²) in [4.78, 5) is 4.26. The molecule has 1 atom stereocenters. The molecule has 0 unspecified atom stereocenters. The summed E-state index contributed by atoms with van der Waals surface area (Å²) in [5.41, 5.74) is 2.44. The summed E-state index contributed by atoms with van der Waals surface area (Å²) in [7, 11) is -3.52. The van der Waals surface area contributed by atoms with Gasteiger partial charge >= 0.3 is 0 Å². The van der Waals surface area contributed by atoms with Gasteiger partial charge in [-0.2, -0.15) is 10.2 Å². The SMILES string of the molecule is C[C@H](O)c1nc(-c2ccc(-c3cccc(S(C)(=O)=O)c3-c3nn[nH]n3)cc2)no1. The van der Waals surface area contributed by atoms with Crippen molar-refractivity contribution in [1.82, 2.24) is 30.8 Å². The van der Waals surface area contributed by atoms with Gasteiger partial charge < -0.3 is 9.63 Å². The van der Waals surface area contributed by atoms with Crippen LogP contribution < -0.4 is 0 Å². The zero-order valence-electron chi connectivity index (χ0n) is 15.4. The van der Waals surface area contributed by atoms with Crippen molar-refractivity contribution < 1.29 is 18.0 Å². The molecule has 0 radical (unpaired) electrons. The highest BCUT2D eigenvalue weighted by atomic mass is 32.2. The van der Waals surface area contributed by atoms with Crippen molar-refractivity contribution in [2.75, 3.05) is 6.26 Å². The van der Waals surface area contributed by atoms with Gasteiger partial charge in [-0.3, -0.25) is 0 Å². The molecule has 29 heavy (non-hydrogen) atoms. The average molecular weight is 412 g/mol. The van der Waals surface area contributed by atoms with Crippen LogP contribution in [-0.4, -0.2) is 50.5 Å². The van der Waals surface area contributed by atoms with E-state index in [1.807, 2.05) is 0 Å². The standard InChI is InChI=1S/C18H16N6O4S/c1-10(25)18-19-16(22-28-18)12-8-6-11(7-9-12)13-4-3-5-14(29(2,26)27)15(13)17-20-23-24-21-17/h3-10,25H,1-2H3,(H,20,21,23,24)/t10-/m0/s1. The number of hydrogen-bond donors (Lipinski definition) is 2. The summed E-state index contributed by atoms with van der Waals surface area (Å²) >= 11 is 0. The number of nitrogens with zero attached hydrogens (tertiary/aromatic N) is 5.